The van der Waals surface area contributed by atoms with Crippen LogP contribution in [0.15, 0.2) is 65.6 Å². The number of amides is 4. The van der Waals surface area contributed by atoms with E-state index in [0.717, 1.165) is 15.4 Å². The molecule has 1 heterocycles. The second-order valence-corrected chi connectivity index (χ2v) is 8.32. The molecule has 0 bridgehead atoms. The molecule has 3 rings (SSSR count). The fourth-order valence-electron chi connectivity index (χ4n) is 3.17. The quantitative estimate of drug-likeness (QED) is 0.378. The van der Waals surface area contributed by atoms with Gasteiger partial charge in [0.25, 0.3) is 5.91 Å². The molecular weight excluding hydrogens is 386 g/mol. The summed E-state index contributed by atoms with van der Waals surface area (Å²) in [5.74, 6) is 0.0201. The molecule has 6 nitrogen and oxygen atoms in total. The largest absolute Gasteiger partial charge is 0.354 e. The van der Waals surface area contributed by atoms with Crippen molar-refractivity contribution >= 4 is 29.6 Å². The van der Waals surface area contributed by atoms with Gasteiger partial charge in [0.1, 0.15) is 12.1 Å². The Morgan fingerprint density at radius 1 is 1.07 bits per heavy atom. The number of nitrogens with zero attached hydrogens (tertiary/aromatic N) is 1. The summed E-state index contributed by atoms with van der Waals surface area (Å²) in [4.78, 5) is 39.4. The first-order chi connectivity index (χ1) is 14.0. The first-order valence-corrected chi connectivity index (χ1v) is 10.6. The van der Waals surface area contributed by atoms with E-state index in [2.05, 4.69) is 10.6 Å². The van der Waals surface area contributed by atoms with Crippen molar-refractivity contribution in [2.75, 3.05) is 18.8 Å². The summed E-state index contributed by atoms with van der Waals surface area (Å²) < 4.78 is 0. The maximum atomic E-state index is 12.8. The van der Waals surface area contributed by atoms with Gasteiger partial charge in [0.05, 0.1) is 0 Å². The topological polar surface area (TPSA) is 78.5 Å². The lowest BCUT2D eigenvalue weighted by Crippen LogP contribution is -2.45. The summed E-state index contributed by atoms with van der Waals surface area (Å²) in [7, 11) is 0. The minimum Gasteiger partial charge on any atom is -0.354 e. The minimum atomic E-state index is -0.990. The van der Waals surface area contributed by atoms with Crippen molar-refractivity contribution < 1.29 is 14.4 Å². The molecule has 1 aliphatic rings. The van der Waals surface area contributed by atoms with Gasteiger partial charge < -0.3 is 10.6 Å². The van der Waals surface area contributed by atoms with E-state index >= 15 is 0 Å². The number of aryl methyl sites for hydroxylation is 1. The van der Waals surface area contributed by atoms with Crippen molar-refractivity contribution in [3.8, 4) is 0 Å². The Hall–Kier alpha value is -2.80. The summed E-state index contributed by atoms with van der Waals surface area (Å²) in [5.41, 5.74) is 0.110. The van der Waals surface area contributed by atoms with Crippen LogP contribution in [0.4, 0.5) is 4.79 Å². The molecule has 0 spiro atoms. The number of thioether (sulfide) groups is 1. The van der Waals surface area contributed by atoms with E-state index in [1.165, 1.54) is 0 Å². The number of hydrogen-bond acceptors (Lipinski definition) is 4. The van der Waals surface area contributed by atoms with E-state index in [0.29, 0.717) is 25.1 Å². The molecule has 1 aliphatic heterocycles. The number of rotatable bonds is 9. The Morgan fingerprint density at radius 2 is 1.72 bits per heavy atom. The lowest BCUT2D eigenvalue weighted by atomic mass is 9.93. The molecule has 0 radical (unpaired) electrons. The molecule has 4 amide bonds. The fraction of sp³-hybridized carbons (Fsp3) is 0.318. The average Bonchev–Trinajstić information content (AvgIpc) is 2.95. The summed E-state index contributed by atoms with van der Waals surface area (Å²) in [5, 5.41) is 5.52. The number of nitrogens with one attached hydrogen (secondary N) is 2. The third-order valence-electron chi connectivity index (χ3n) is 4.84. The van der Waals surface area contributed by atoms with Gasteiger partial charge in [0.2, 0.25) is 5.91 Å². The third-order valence-corrected chi connectivity index (χ3v) is 5.85. The van der Waals surface area contributed by atoms with Crippen molar-refractivity contribution in [1.82, 2.24) is 15.5 Å². The molecule has 1 atom stereocenters. The van der Waals surface area contributed by atoms with E-state index in [1.54, 1.807) is 18.7 Å². The van der Waals surface area contributed by atoms with Crippen LogP contribution >= 0.6 is 11.8 Å². The van der Waals surface area contributed by atoms with Gasteiger partial charge in [-0.05, 0) is 37.5 Å². The monoisotopic (exact) mass is 411 g/mol. The molecule has 0 aromatic heterocycles. The summed E-state index contributed by atoms with van der Waals surface area (Å²) in [6.45, 7) is 1.92. The Morgan fingerprint density at radius 3 is 2.41 bits per heavy atom. The van der Waals surface area contributed by atoms with Crippen LogP contribution in [0.1, 0.15) is 18.9 Å². The van der Waals surface area contributed by atoms with Crippen molar-refractivity contribution in [3.05, 3.63) is 66.2 Å². The third kappa shape index (κ3) is 5.60. The van der Waals surface area contributed by atoms with E-state index < -0.39 is 11.6 Å². The van der Waals surface area contributed by atoms with Crippen molar-refractivity contribution in [3.63, 3.8) is 0 Å². The molecular formula is C22H25N3O3S. The predicted octanol–water partition coefficient (Wildman–Crippen LogP) is 2.84. The first-order valence-electron chi connectivity index (χ1n) is 9.60. The van der Waals surface area contributed by atoms with Gasteiger partial charge in [-0.25, -0.2) is 4.79 Å². The molecule has 0 aliphatic carbocycles. The lowest BCUT2D eigenvalue weighted by Gasteiger charge is -2.21. The van der Waals surface area contributed by atoms with Gasteiger partial charge in [-0.2, -0.15) is 0 Å². The number of carbonyl (C=O) groups excluding carboxylic acids is 3. The highest BCUT2D eigenvalue weighted by molar-refractivity contribution is 7.99. The van der Waals surface area contributed by atoms with Crippen LogP contribution in [-0.4, -0.2) is 47.1 Å². The van der Waals surface area contributed by atoms with Crippen molar-refractivity contribution in [2.24, 2.45) is 0 Å². The molecule has 152 valence electrons. The molecule has 0 unspecified atom stereocenters. The zero-order valence-electron chi connectivity index (χ0n) is 16.4. The highest BCUT2D eigenvalue weighted by Crippen LogP contribution is 2.23. The van der Waals surface area contributed by atoms with Gasteiger partial charge in [-0.1, -0.05) is 48.5 Å². The van der Waals surface area contributed by atoms with Gasteiger partial charge in [0.15, 0.2) is 0 Å². The van der Waals surface area contributed by atoms with Crippen LogP contribution < -0.4 is 10.6 Å². The van der Waals surface area contributed by atoms with E-state index in [-0.39, 0.29) is 18.4 Å². The highest BCUT2D eigenvalue weighted by atomic mass is 32.2. The average molecular weight is 412 g/mol. The summed E-state index contributed by atoms with van der Waals surface area (Å²) in [6.07, 6.45) is 1.15. The zero-order valence-corrected chi connectivity index (χ0v) is 17.2. The molecule has 0 saturated carbocycles. The number of hydrogen-bond donors (Lipinski definition) is 2. The van der Waals surface area contributed by atoms with Crippen LogP contribution in [-0.2, 0) is 16.0 Å². The van der Waals surface area contributed by atoms with E-state index in [4.69, 9.17) is 0 Å². The van der Waals surface area contributed by atoms with Crippen LogP contribution in [0.3, 0.4) is 0 Å². The fourth-order valence-corrected chi connectivity index (χ4v) is 3.96. The van der Waals surface area contributed by atoms with Crippen LogP contribution in [0.2, 0.25) is 0 Å². The Kier molecular flexibility index (Phi) is 6.93. The van der Waals surface area contributed by atoms with Gasteiger partial charge in [0, 0.05) is 17.2 Å². The number of benzene rings is 2. The van der Waals surface area contributed by atoms with Crippen LogP contribution in [0, 0.1) is 0 Å². The van der Waals surface area contributed by atoms with Gasteiger partial charge in [-0.15, -0.1) is 11.8 Å². The summed E-state index contributed by atoms with van der Waals surface area (Å²) >= 11 is 1.64. The maximum absolute atomic E-state index is 12.8. The Balaban J connectivity index is 1.45. The molecule has 7 heteroatoms. The maximum Gasteiger partial charge on any atom is 0.325 e. The first kappa shape index (κ1) is 20.9. The number of imide groups is 1. The highest BCUT2D eigenvalue weighted by Gasteiger charge is 2.47. The van der Waals surface area contributed by atoms with Crippen LogP contribution in [0.5, 0.6) is 0 Å². The zero-order chi connectivity index (χ0) is 20.7. The number of urea groups is 1. The second-order valence-electron chi connectivity index (χ2n) is 7.15. The molecule has 29 heavy (non-hydrogen) atoms. The molecule has 2 aromatic carbocycles. The van der Waals surface area contributed by atoms with Gasteiger partial charge in [-0.3, -0.25) is 14.5 Å². The standard InChI is InChI=1S/C22H25N3O3S/c1-22(13-12-17-8-4-2-5-9-17)20(27)25(21(28)24-22)16-19(26)23-14-15-29-18-10-6-3-7-11-18/h2-11H,12-16H2,1H3,(H,23,26)(H,24,28)/t22-/m1/s1. The van der Waals surface area contributed by atoms with E-state index in [1.807, 2.05) is 60.7 Å². The van der Waals surface area contributed by atoms with Gasteiger partial charge >= 0.3 is 6.03 Å². The minimum absolute atomic E-state index is 0.262. The smallest absolute Gasteiger partial charge is 0.325 e. The van der Waals surface area contributed by atoms with E-state index in [9.17, 15) is 14.4 Å². The second kappa shape index (κ2) is 9.60. The Labute approximate surface area is 175 Å². The van der Waals surface area contributed by atoms with Crippen molar-refractivity contribution in [2.45, 2.75) is 30.2 Å². The van der Waals surface area contributed by atoms with Crippen molar-refractivity contribution in [1.29, 1.82) is 0 Å². The predicted molar refractivity (Wildman–Crippen MR) is 114 cm³/mol. The summed E-state index contributed by atoms with van der Waals surface area (Å²) in [6, 6.07) is 19.2. The molecule has 2 aromatic rings. The Bertz CT molecular complexity index is 860. The molecule has 1 fully saturated rings. The van der Waals surface area contributed by atoms with Crippen LogP contribution in [0.25, 0.3) is 0 Å². The molecule has 1 saturated heterocycles. The lowest BCUT2D eigenvalue weighted by molar-refractivity contribution is -0.134. The number of carbonyl (C=O) groups is 3. The normalized spacial score (nSPS) is 18.6. The SMILES string of the molecule is C[C@]1(CCc2ccccc2)NC(=O)N(CC(=O)NCCSc2ccccc2)C1=O. The molecule has 2 N–H and O–H groups in total.